The van der Waals surface area contributed by atoms with Crippen LogP contribution in [-0.4, -0.2) is 64.4 Å². The molecule has 1 aliphatic carbocycles. The Labute approximate surface area is 294 Å². The van der Waals surface area contributed by atoms with E-state index in [9.17, 15) is 13.8 Å². The van der Waals surface area contributed by atoms with Gasteiger partial charge in [-0.05, 0) is 97.6 Å². The van der Waals surface area contributed by atoms with Crippen LogP contribution in [-0.2, 0) is 44.3 Å². The molecule has 262 valence electrons. The van der Waals surface area contributed by atoms with E-state index < -0.39 is 22.4 Å². The molecule has 3 aromatic rings. The van der Waals surface area contributed by atoms with E-state index in [1.807, 2.05) is 12.1 Å². The van der Waals surface area contributed by atoms with E-state index >= 15 is 0 Å². The van der Waals surface area contributed by atoms with Crippen LogP contribution in [0.25, 0.3) is 0 Å². The molecule has 6 rings (SSSR count). The van der Waals surface area contributed by atoms with Crippen LogP contribution in [0.4, 0.5) is 5.69 Å². The maximum Gasteiger partial charge on any atom is 0.427 e. The van der Waals surface area contributed by atoms with Gasteiger partial charge >= 0.3 is 11.8 Å². The Bertz CT molecular complexity index is 1790. The normalized spacial score (nSPS) is 24.7. The highest BCUT2D eigenvalue weighted by atomic mass is 35.5. The first-order valence-corrected chi connectivity index (χ1v) is 18.6. The highest BCUT2D eigenvalue weighted by Gasteiger charge is 2.38. The van der Waals surface area contributed by atoms with Gasteiger partial charge in [-0.3, -0.25) is 4.79 Å². The minimum absolute atomic E-state index is 0.0361. The molecule has 2 aliphatic heterocycles. The zero-order chi connectivity index (χ0) is 34.3. The Morgan fingerprint density at radius 2 is 2.02 bits per heavy atom. The van der Waals surface area contributed by atoms with E-state index in [1.165, 1.54) is 15.8 Å². The van der Waals surface area contributed by atoms with Crippen LogP contribution >= 0.6 is 11.6 Å². The highest BCUT2D eigenvalue weighted by Crippen LogP contribution is 2.42. The van der Waals surface area contributed by atoms with Crippen molar-refractivity contribution < 1.29 is 32.1 Å². The number of fused-ring (bicyclic) bond motifs is 3. The van der Waals surface area contributed by atoms with Crippen molar-refractivity contribution in [1.29, 1.82) is 0 Å². The van der Waals surface area contributed by atoms with E-state index in [-0.39, 0.29) is 24.0 Å². The fourth-order valence-corrected chi connectivity index (χ4v) is 8.02. The monoisotopic (exact) mass is 709 g/mol. The van der Waals surface area contributed by atoms with E-state index in [4.69, 9.17) is 25.8 Å². The topological polar surface area (TPSA) is 115 Å². The van der Waals surface area contributed by atoms with Crippen LogP contribution in [0.5, 0.6) is 11.6 Å². The van der Waals surface area contributed by atoms with Crippen LogP contribution in [0.2, 0.25) is 5.02 Å². The molecule has 11 nitrogen and oxygen atoms in total. The molecule has 1 saturated carbocycles. The number of carbonyl (C=O) groups is 2. The molecule has 2 amide bonds. The van der Waals surface area contributed by atoms with Gasteiger partial charge in [-0.15, -0.1) is 9.48 Å². The van der Waals surface area contributed by atoms with E-state index in [1.54, 1.807) is 38.6 Å². The summed E-state index contributed by atoms with van der Waals surface area (Å²) in [6.45, 7) is 1.45. The average Bonchev–Trinajstić information content (AvgIpc) is 3.49. The average molecular weight is 710 g/mol. The van der Waals surface area contributed by atoms with Crippen molar-refractivity contribution in [1.82, 2.24) is 15.2 Å². The molecule has 1 fully saturated rings. The largest absolute Gasteiger partial charge is 0.491 e. The number of benzene rings is 2. The summed E-state index contributed by atoms with van der Waals surface area (Å²) < 4.78 is 34.0. The maximum atomic E-state index is 14.2. The first kappa shape index (κ1) is 35.0. The second kappa shape index (κ2) is 16.2. The van der Waals surface area contributed by atoms with Gasteiger partial charge in [0, 0.05) is 48.9 Å². The van der Waals surface area contributed by atoms with Crippen LogP contribution in [0.1, 0.15) is 60.0 Å². The number of methoxy groups -OCH3 is 1. The minimum Gasteiger partial charge on any atom is -0.491 e. The minimum atomic E-state index is -1.86. The smallest absolute Gasteiger partial charge is 0.427 e. The van der Waals surface area contributed by atoms with Gasteiger partial charge in [-0.2, -0.15) is 5.10 Å². The van der Waals surface area contributed by atoms with Crippen LogP contribution in [0.3, 0.4) is 0 Å². The molecular formula is C36H44ClN5O6S. The molecular weight excluding hydrogens is 666 g/mol. The lowest BCUT2D eigenvalue weighted by atomic mass is 9.70. The van der Waals surface area contributed by atoms with Crippen LogP contribution < -0.4 is 19.8 Å². The summed E-state index contributed by atoms with van der Waals surface area (Å²) in [7, 11) is 1.59. The summed E-state index contributed by atoms with van der Waals surface area (Å²) in [5.74, 6) is 0.737. The molecule has 0 saturated heterocycles. The Balaban J connectivity index is 1.39. The van der Waals surface area contributed by atoms with Gasteiger partial charge < -0.3 is 23.3 Å². The van der Waals surface area contributed by atoms with Gasteiger partial charge in [0.1, 0.15) is 5.75 Å². The van der Waals surface area contributed by atoms with Gasteiger partial charge in [0.05, 0.1) is 30.2 Å². The first-order chi connectivity index (χ1) is 23.8. The number of amides is 2. The van der Waals surface area contributed by atoms with Crippen LogP contribution in [0, 0.1) is 11.8 Å². The molecule has 3 atom stereocenters. The van der Waals surface area contributed by atoms with Crippen molar-refractivity contribution in [3.63, 3.8) is 0 Å². The summed E-state index contributed by atoms with van der Waals surface area (Å²) in [6.07, 6.45) is 11.7. The van der Waals surface area contributed by atoms with Gasteiger partial charge in [-0.25, -0.2) is 9.48 Å². The first-order valence-electron chi connectivity index (χ1n) is 16.9. The number of allylic oxidation sites excluding steroid dienone is 1. The lowest BCUT2D eigenvalue weighted by Gasteiger charge is -2.43. The number of aromatic nitrogens is 2. The van der Waals surface area contributed by atoms with E-state index in [0.29, 0.717) is 54.5 Å². The summed E-state index contributed by atoms with van der Waals surface area (Å²) in [4.78, 5) is 29.6. The third-order valence-electron chi connectivity index (χ3n) is 9.56. The number of halogens is 1. The van der Waals surface area contributed by atoms with Crippen molar-refractivity contribution in [2.45, 2.75) is 57.6 Å². The summed E-state index contributed by atoms with van der Waals surface area (Å²) in [6, 6.07) is 13.0. The zero-order valence-corrected chi connectivity index (χ0v) is 29.6. The molecule has 13 heteroatoms. The summed E-state index contributed by atoms with van der Waals surface area (Å²) in [5.41, 5.74) is 6.00. The highest BCUT2D eigenvalue weighted by molar-refractivity contribution is 7.72. The number of rotatable bonds is 5. The molecule has 1 N–H and O–H groups in total. The molecule has 1 aromatic heterocycles. The number of nitrogens with zero attached hydrogens (tertiary/aromatic N) is 4. The third kappa shape index (κ3) is 8.48. The van der Waals surface area contributed by atoms with E-state index in [0.717, 1.165) is 48.4 Å². The lowest BCUT2D eigenvalue weighted by Crippen LogP contribution is -2.43. The number of hydrazine groups is 1. The molecule has 3 heterocycles. The van der Waals surface area contributed by atoms with E-state index in [2.05, 4.69) is 39.7 Å². The van der Waals surface area contributed by atoms with Crippen LogP contribution in [0.15, 0.2) is 60.8 Å². The summed E-state index contributed by atoms with van der Waals surface area (Å²) in [5, 5.41) is 4.75. The third-order valence-corrected chi connectivity index (χ3v) is 11.1. The zero-order valence-electron chi connectivity index (χ0n) is 28.0. The second-order valence-electron chi connectivity index (χ2n) is 12.8. The molecule has 2 aromatic carbocycles. The number of carbonyl (C=O) groups excluding carboxylic acids is 2. The van der Waals surface area contributed by atoms with Gasteiger partial charge in [0.15, 0.2) is 6.61 Å². The predicted octanol–water partition coefficient (Wildman–Crippen LogP) is 5.60. The Morgan fingerprint density at radius 1 is 1.14 bits per heavy atom. The number of aryl methyl sites for hydroxylation is 2. The number of nitrogens with one attached hydrogen (secondary N) is 1. The van der Waals surface area contributed by atoms with Gasteiger partial charge in [0.25, 0.3) is 0 Å². The number of hydrogen-bond acceptors (Lipinski definition) is 9. The predicted molar refractivity (Wildman–Crippen MR) is 187 cm³/mol. The molecule has 3 aliphatic rings. The number of hydrogen-bond donors (Lipinski definition) is 1. The number of ether oxygens (including phenoxy) is 3. The Hall–Kier alpha value is -3.87. The Kier molecular flexibility index (Phi) is 11.6. The van der Waals surface area contributed by atoms with Gasteiger partial charge in [-0.1, -0.05) is 36.2 Å². The van der Waals surface area contributed by atoms with Crippen molar-refractivity contribution >= 4 is 39.7 Å². The fraction of sp³-hybridized carbons (Fsp3) is 0.472. The molecule has 0 unspecified atom stereocenters. The molecule has 0 radical (unpaired) electrons. The lowest BCUT2D eigenvalue weighted by molar-refractivity contribution is -0.456. The standard InChI is InChI=1S/C36H44ClN5O6S/c1-40-35(16-17-38-40)48-24-34(43)39-42-36(44)26-12-15-33-31(21-26)41(22-27-10-13-29(37)20-25(27)8-5-6-18-47-33)23-28-11-14-30(28)32(46-2)9-4-3-7-19-49(42)45/h4,9-10,12-13,15-17,20-21,28,30,32H,3,5-8,11,14,18-19,22-24H2,1-2H3,(H,39,43)/b9-4+/t28-,30+,32-/m0/s1. The second-order valence-corrected chi connectivity index (χ2v) is 14.6. The van der Waals surface area contributed by atoms with Crippen molar-refractivity contribution in [2.75, 3.05) is 37.5 Å². The van der Waals surface area contributed by atoms with Crippen molar-refractivity contribution in [2.24, 2.45) is 18.9 Å². The quantitative estimate of drug-likeness (QED) is 0.207. The number of anilines is 1. The summed E-state index contributed by atoms with van der Waals surface area (Å²) >= 11 is 6.46. The van der Waals surface area contributed by atoms with Gasteiger partial charge in [0.2, 0.25) is 5.88 Å². The SMILES string of the molecule is CO[C@H]1/C=C/CCC/[S-](=O)=[N+](\NC(=O)COc2ccnn2C)C(=O)c2ccc3c(c2)N(Cc2ccc(Cl)cc2CCCCO3)C[C@@H]2CC[C@H]21. The molecule has 49 heavy (non-hydrogen) atoms. The molecule has 0 spiro atoms. The van der Waals surface area contributed by atoms with Crippen molar-refractivity contribution in [3.05, 3.63) is 82.5 Å². The maximum absolute atomic E-state index is 14.2. The fourth-order valence-electron chi connectivity index (χ4n) is 6.73. The van der Waals surface area contributed by atoms with Crippen molar-refractivity contribution in [3.8, 4) is 11.6 Å². The Morgan fingerprint density at radius 3 is 2.80 bits per heavy atom. The molecule has 2 bridgehead atoms.